The van der Waals surface area contributed by atoms with Crippen molar-refractivity contribution in [1.29, 1.82) is 5.26 Å². The Hall–Kier alpha value is -3.50. The summed E-state index contributed by atoms with van der Waals surface area (Å²) in [4.78, 5) is 12.7. The number of benzene rings is 2. The van der Waals surface area contributed by atoms with Crippen LogP contribution < -0.4 is 4.90 Å². The van der Waals surface area contributed by atoms with Gasteiger partial charge in [-0.1, -0.05) is 29.8 Å². The van der Waals surface area contributed by atoms with Crippen LogP contribution in [0.4, 0.5) is 11.4 Å². The molecule has 0 amide bonds. The van der Waals surface area contributed by atoms with Gasteiger partial charge in [0.2, 0.25) is 5.82 Å². The van der Waals surface area contributed by atoms with Crippen LogP contribution in [0.1, 0.15) is 24.7 Å². The summed E-state index contributed by atoms with van der Waals surface area (Å²) < 4.78 is 0. The van der Waals surface area contributed by atoms with Crippen molar-refractivity contribution in [3.8, 4) is 6.07 Å². The summed E-state index contributed by atoms with van der Waals surface area (Å²) >= 11 is 6.38. The molecule has 0 unspecified atom stereocenters. The third kappa shape index (κ3) is 3.75. The third-order valence-electron chi connectivity index (χ3n) is 4.62. The smallest absolute Gasteiger partial charge is 0.204 e. The molecule has 1 aliphatic heterocycles. The highest BCUT2D eigenvalue weighted by Crippen LogP contribution is 2.25. The first-order valence-corrected chi connectivity index (χ1v) is 9.64. The largest absolute Gasteiger partial charge is 0.371 e. The van der Waals surface area contributed by atoms with E-state index >= 15 is 0 Å². The monoisotopic (exact) mass is 403 g/mol. The van der Waals surface area contributed by atoms with E-state index < -0.39 is 0 Å². The van der Waals surface area contributed by atoms with Crippen molar-refractivity contribution in [1.82, 2.24) is 14.9 Å². The minimum atomic E-state index is 0.491. The molecule has 0 radical (unpaired) electrons. The predicted octanol–water partition coefficient (Wildman–Crippen LogP) is 4.06. The summed E-state index contributed by atoms with van der Waals surface area (Å²) in [5.74, 6) is 0.577. The van der Waals surface area contributed by atoms with Crippen molar-refractivity contribution in [2.45, 2.75) is 13.3 Å². The van der Waals surface area contributed by atoms with Crippen molar-refractivity contribution in [2.24, 2.45) is 10.1 Å². The first-order chi connectivity index (χ1) is 14.2. The molecule has 1 aliphatic rings. The molecule has 144 valence electrons. The molecule has 0 fully saturated rings. The van der Waals surface area contributed by atoms with Gasteiger partial charge in [-0.15, -0.1) is 15.0 Å². The van der Waals surface area contributed by atoms with Crippen molar-refractivity contribution in [3.63, 3.8) is 0 Å². The van der Waals surface area contributed by atoms with Crippen LogP contribution in [-0.2, 0) is 0 Å². The topological polar surface area (TPSA) is 82.5 Å². The number of halogens is 1. The lowest BCUT2D eigenvalue weighted by Crippen LogP contribution is -2.23. The zero-order valence-electron chi connectivity index (χ0n) is 15.8. The van der Waals surface area contributed by atoms with Crippen molar-refractivity contribution >= 4 is 34.4 Å². The molecule has 3 aromatic rings. The van der Waals surface area contributed by atoms with Crippen LogP contribution in [0.15, 0.2) is 65.0 Å². The fraction of sp³-hybridized carbons (Fsp3) is 0.190. The first kappa shape index (κ1) is 18.8. The molecule has 0 N–H and O–H groups in total. The Morgan fingerprint density at radius 1 is 1.17 bits per heavy atom. The molecule has 1 aromatic heterocycles. The number of aromatic nitrogens is 3. The lowest BCUT2D eigenvalue weighted by Gasteiger charge is -2.21. The number of anilines is 1. The van der Waals surface area contributed by atoms with Gasteiger partial charge in [-0.05, 0) is 37.3 Å². The van der Waals surface area contributed by atoms with Crippen LogP contribution in [0.25, 0.3) is 0 Å². The van der Waals surface area contributed by atoms with E-state index in [0.29, 0.717) is 35.2 Å². The Morgan fingerprint density at radius 2 is 1.97 bits per heavy atom. The highest BCUT2D eigenvalue weighted by atomic mass is 35.5. The summed E-state index contributed by atoms with van der Waals surface area (Å²) in [5.41, 5.74) is 3.88. The predicted molar refractivity (Wildman–Crippen MR) is 114 cm³/mol. The molecular weight excluding hydrogens is 386 g/mol. The van der Waals surface area contributed by atoms with Gasteiger partial charge in [-0.25, -0.2) is 9.98 Å². The summed E-state index contributed by atoms with van der Waals surface area (Å²) in [6, 6.07) is 17.6. The average molecular weight is 404 g/mol. The number of aliphatic imine (C=N–C) groups is 1. The van der Waals surface area contributed by atoms with Crippen LogP contribution in [0.3, 0.4) is 0 Å². The minimum Gasteiger partial charge on any atom is -0.371 e. The van der Waals surface area contributed by atoms with Crippen LogP contribution in [0, 0.1) is 11.3 Å². The summed E-state index contributed by atoms with van der Waals surface area (Å²) in [6.45, 7) is 3.61. The molecule has 2 heterocycles. The molecule has 0 saturated heterocycles. The quantitative estimate of drug-likeness (QED) is 0.621. The van der Waals surface area contributed by atoms with Crippen molar-refractivity contribution < 1.29 is 0 Å². The third-order valence-corrected chi connectivity index (χ3v) is 4.95. The fourth-order valence-corrected chi connectivity index (χ4v) is 3.40. The van der Waals surface area contributed by atoms with E-state index in [0.717, 1.165) is 23.5 Å². The maximum Gasteiger partial charge on any atom is 0.204 e. The second-order valence-electron chi connectivity index (χ2n) is 6.37. The number of nitrogens with zero attached hydrogens (tertiary/aromatic N) is 7. The number of hydrogen-bond acceptors (Lipinski definition) is 6. The summed E-state index contributed by atoms with van der Waals surface area (Å²) in [5, 5.41) is 18.1. The average Bonchev–Trinajstić information content (AvgIpc) is 3.33. The van der Waals surface area contributed by atoms with Gasteiger partial charge in [0.25, 0.3) is 0 Å². The molecule has 4 rings (SSSR count). The number of fused-ring (bicyclic) bond motifs is 1. The van der Waals surface area contributed by atoms with Gasteiger partial charge in [0.05, 0.1) is 23.2 Å². The van der Waals surface area contributed by atoms with Crippen LogP contribution >= 0.6 is 11.6 Å². The van der Waals surface area contributed by atoms with E-state index in [2.05, 4.69) is 33.1 Å². The Bertz CT molecular complexity index is 1120. The molecule has 0 aliphatic carbocycles. The lowest BCUT2D eigenvalue weighted by atomic mass is 10.1. The van der Waals surface area contributed by atoms with Crippen molar-refractivity contribution in [3.05, 3.63) is 71.3 Å². The normalized spacial score (nSPS) is 13.8. The molecule has 2 aromatic carbocycles. The van der Waals surface area contributed by atoms with Crippen LogP contribution in [0.5, 0.6) is 0 Å². The lowest BCUT2D eigenvalue weighted by molar-refractivity contribution is 0.745. The fourth-order valence-electron chi connectivity index (χ4n) is 3.17. The first-order valence-electron chi connectivity index (χ1n) is 9.26. The molecule has 8 heteroatoms. The van der Waals surface area contributed by atoms with Gasteiger partial charge in [-0.2, -0.15) is 5.26 Å². The van der Waals surface area contributed by atoms with Gasteiger partial charge in [0, 0.05) is 24.3 Å². The van der Waals surface area contributed by atoms with Gasteiger partial charge in [0.15, 0.2) is 0 Å². The second kappa shape index (κ2) is 8.25. The number of nitriles is 1. The molecule has 0 saturated carbocycles. The van der Waals surface area contributed by atoms with Crippen LogP contribution in [0.2, 0.25) is 5.02 Å². The summed E-state index contributed by atoms with van der Waals surface area (Å²) in [7, 11) is 0. The van der Waals surface area contributed by atoms with E-state index in [1.54, 1.807) is 0 Å². The van der Waals surface area contributed by atoms with Crippen molar-refractivity contribution in [2.75, 3.05) is 18.0 Å². The molecule has 7 nitrogen and oxygen atoms in total. The SMILES string of the molecule is CCN(CCC#N)c1ccc(N=C2C(c3ccccc3Cl)=Nn3ncnc32)cc1. The van der Waals surface area contributed by atoms with E-state index in [-0.39, 0.29) is 0 Å². The van der Waals surface area contributed by atoms with Gasteiger partial charge < -0.3 is 4.90 Å². The maximum atomic E-state index is 8.83. The number of hydrogen-bond donors (Lipinski definition) is 0. The molecule has 0 bridgehead atoms. The Labute approximate surface area is 173 Å². The summed E-state index contributed by atoms with van der Waals surface area (Å²) in [6.07, 6.45) is 1.94. The molecule has 0 spiro atoms. The zero-order chi connectivity index (χ0) is 20.2. The Morgan fingerprint density at radius 3 is 2.69 bits per heavy atom. The van der Waals surface area contributed by atoms with Crippen LogP contribution in [-0.4, -0.2) is 39.4 Å². The highest BCUT2D eigenvalue weighted by Gasteiger charge is 2.28. The van der Waals surface area contributed by atoms with E-state index in [9.17, 15) is 0 Å². The van der Waals surface area contributed by atoms with Gasteiger partial charge >= 0.3 is 0 Å². The van der Waals surface area contributed by atoms with E-state index in [4.69, 9.17) is 21.9 Å². The molecule has 0 atom stereocenters. The van der Waals surface area contributed by atoms with Gasteiger partial charge in [0.1, 0.15) is 17.8 Å². The zero-order valence-corrected chi connectivity index (χ0v) is 16.6. The standard InChI is InChI=1S/C21H18ClN7/c1-2-28(13-5-12-23)16-10-8-15(9-11-16)26-20-19(17-6-3-4-7-18(17)22)27-29-21(20)24-14-25-29/h3-4,6-11,14H,2,5,13H2,1H3. The Balaban J connectivity index is 1.68. The second-order valence-corrected chi connectivity index (χ2v) is 6.77. The van der Waals surface area contributed by atoms with Gasteiger partial charge in [-0.3, -0.25) is 0 Å². The van der Waals surface area contributed by atoms with E-state index in [1.807, 2.05) is 48.5 Å². The van der Waals surface area contributed by atoms with E-state index in [1.165, 1.54) is 11.1 Å². The minimum absolute atomic E-state index is 0.491. The highest BCUT2D eigenvalue weighted by molar-refractivity contribution is 6.56. The number of rotatable bonds is 6. The molecule has 29 heavy (non-hydrogen) atoms. The molecular formula is C21H18ClN7. The Kier molecular flexibility index (Phi) is 5.36. The maximum absolute atomic E-state index is 8.83.